The smallest absolute Gasteiger partial charge is 0.315 e. The molecule has 2 saturated heterocycles. The number of carbonyl (C=O) groups is 5. The van der Waals surface area contributed by atoms with Crippen LogP contribution in [0.4, 0.5) is 4.79 Å². The van der Waals surface area contributed by atoms with E-state index in [4.69, 9.17) is 4.74 Å². The number of sulfone groups is 1. The van der Waals surface area contributed by atoms with Crippen LogP contribution < -0.4 is 21.3 Å². The highest BCUT2D eigenvalue weighted by molar-refractivity contribution is 7.92. The van der Waals surface area contributed by atoms with Crippen LogP contribution in [-0.4, -0.2) is 104 Å². The predicted octanol–water partition coefficient (Wildman–Crippen LogP) is 2.25. The van der Waals surface area contributed by atoms with Crippen LogP contribution in [0.3, 0.4) is 0 Å². The van der Waals surface area contributed by atoms with Gasteiger partial charge in [-0.25, -0.2) is 13.2 Å². The molecule has 0 radical (unpaired) electrons. The zero-order valence-corrected chi connectivity index (χ0v) is 30.9. The van der Waals surface area contributed by atoms with Crippen LogP contribution in [-0.2, 0) is 33.8 Å². The zero-order valence-electron chi connectivity index (χ0n) is 30.1. The van der Waals surface area contributed by atoms with Crippen molar-refractivity contribution in [2.24, 2.45) is 22.7 Å². The van der Waals surface area contributed by atoms with Crippen LogP contribution in [0.25, 0.3) is 0 Å². The number of hydrogen-bond acceptors (Lipinski definition) is 8. The average molecular weight is 708 g/mol. The monoisotopic (exact) mass is 707 g/mol. The minimum Gasteiger partial charge on any atom is -0.379 e. The molecule has 0 aromatic heterocycles. The first kappa shape index (κ1) is 38.8. The second kappa shape index (κ2) is 15.1. The van der Waals surface area contributed by atoms with E-state index in [1.165, 1.54) is 11.0 Å². The number of fused-ring (bicyclic) bond motifs is 1. The van der Waals surface area contributed by atoms with E-state index in [0.29, 0.717) is 25.8 Å². The molecule has 276 valence electrons. The zero-order chi connectivity index (χ0) is 36.4. The van der Waals surface area contributed by atoms with Crippen molar-refractivity contribution in [2.75, 3.05) is 32.1 Å². The van der Waals surface area contributed by atoms with E-state index in [0.717, 1.165) is 25.7 Å². The first-order chi connectivity index (χ1) is 22.9. The number of nitrogens with zero attached hydrogens (tertiary/aromatic N) is 1. The maximum absolute atomic E-state index is 14.5. The second-order valence-corrected chi connectivity index (χ2v) is 18.3. The third kappa shape index (κ3) is 8.32. The summed E-state index contributed by atoms with van der Waals surface area (Å²) in [6.45, 7) is 15.6. The van der Waals surface area contributed by atoms with Crippen LogP contribution in [0.2, 0.25) is 0 Å². The van der Waals surface area contributed by atoms with Crippen molar-refractivity contribution in [3.05, 3.63) is 12.7 Å². The number of ether oxygens (including phenoxy) is 1. The van der Waals surface area contributed by atoms with Crippen LogP contribution in [0.5, 0.6) is 0 Å². The van der Waals surface area contributed by atoms with E-state index in [9.17, 15) is 32.4 Å². The molecule has 4 aliphatic rings. The lowest BCUT2D eigenvalue weighted by molar-refractivity contribution is -0.145. The summed E-state index contributed by atoms with van der Waals surface area (Å²) >= 11 is 0. The molecule has 4 fully saturated rings. The van der Waals surface area contributed by atoms with Crippen molar-refractivity contribution in [3.8, 4) is 0 Å². The predicted molar refractivity (Wildman–Crippen MR) is 185 cm³/mol. The lowest BCUT2D eigenvalue weighted by Crippen LogP contribution is -2.67. The lowest BCUT2D eigenvalue weighted by Gasteiger charge is -2.45. The lowest BCUT2D eigenvalue weighted by atomic mass is 9.79. The van der Waals surface area contributed by atoms with Crippen LogP contribution in [0, 0.1) is 22.7 Å². The molecule has 4 rings (SSSR count). The van der Waals surface area contributed by atoms with E-state index < -0.39 is 73.7 Å². The van der Waals surface area contributed by atoms with Crippen molar-refractivity contribution >= 4 is 39.4 Å². The third-order valence-electron chi connectivity index (χ3n) is 11.2. The topological polar surface area (TPSA) is 180 Å². The Kier molecular flexibility index (Phi) is 11.9. The first-order valence-corrected chi connectivity index (χ1v) is 19.5. The standard InChI is InChI=1S/C35H57N5O8S/c1-8-10-14-23(27(41)30(43)36-17-9-2)37-29(42)26-25-22(34(25,6)7)20-40(26)31(44)28(33(3,4)5)38-32(45)39-35(15-12-11-13-16-35)24-21-48-18-19-49(24,46)47/h9,22-26,28H,2,8,10-21H2,1,3-7H3,(H,36,43)(H,37,42)(H2,38,39,45)/t22?,23-,24?,25+,26-,28+/m0/s1. The minimum absolute atomic E-state index is 0.00500. The van der Waals surface area contributed by atoms with Gasteiger partial charge >= 0.3 is 6.03 Å². The van der Waals surface area contributed by atoms with Crippen molar-refractivity contribution < 1.29 is 37.1 Å². The first-order valence-electron chi connectivity index (χ1n) is 17.8. The molecule has 2 unspecified atom stereocenters. The van der Waals surface area contributed by atoms with Crippen LogP contribution in [0.1, 0.15) is 92.9 Å². The van der Waals surface area contributed by atoms with E-state index >= 15 is 0 Å². The molecule has 0 spiro atoms. The van der Waals surface area contributed by atoms with Gasteiger partial charge in [-0.1, -0.05) is 79.7 Å². The number of amides is 5. The summed E-state index contributed by atoms with van der Waals surface area (Å²) in [6.07, 6.45) is 6.52. The fraction of sp³-hybridized carbons (Fsp3) is 0.800. The van der Waals surface area contributed by atoms with Crippen molar-refractivity contribution in [2.45, 2.75) is 122 Å². The van der Waals surface area contributed by atoms with Gasteiger partial charge < -0.3 is 30.9 Å². The van der Waals surface area contributed by atoms with Gasteiger partial charge in [0.05, 0.1) is 30.5 Å². The highest BCUT2D eigenvalue weighted by Gasteiger charge is 2.70. The number of unbranched alkanes of at least 4 members (excludes halogenated alkanes) is 1. The fourth-order valence-electron chi connectivity index (χ4n) is 8.19. The van der Waals surface area contributed by atoms with Gasteiger partial charge in [-0.3, -0.25) is 19.2 Å². The molecule has 5 amide bonds. The number of ketones is 1. The molecule has 4 N–H and O–H groups in total. The number of piperidine rings is 1. The molecular formula is C35H57N5O8S. The molecule has 14 heteroatoms. The SMILES string of the molecule is C=CCNC(=O)C(=O)[C@H](CCCC)NC(=O)[C@@H]1[C@H]2C(CN1C(=O)[C@@H](NC(=O)NC1(C3COCCS3(=O)=O)CCCCC1)C(C)(C)C)C2(C)C. The van der Waals surface area contributed by atoms with Gasteiger partial charge in [0, 0.05) is 13.1 Å². The summed E-state index contributed by atoms with van der Waals surface area (Å²) < 4.78 is 31.9. The molecule has 2 aliphatic carbocycles. The maximum atomic E-state index is 14.5. The Morgan fingerprint density at radius 1 is 1.06 bits per heavy atom. The van der Waals surface area contributed by atoms with Gasteiger partial charge in [-0.2, -0.15) is 0 Å². The number of carbonyl (C=O) groups excluding carboxylic acids is 5. The Balaban J connectivity index is 1.56. The maximum Gasteiger partial charge on any atom is 0.315 e. The van der Waals surface area contributed by atoms with Gasteiger partial charge in [0.25, 0.3) is 5.91 Å². The number of Topliss-reactive ketones (excluding diaryl/α,β-unsaturated/α-hetero) is 1. The number of nitrogens with one attached hydrogen (secondary N) is 4. The summed E-state index contributed by atoms with van der Waals surface area (Å²) in [5.74, 6) is -2.72. The largest absolute Gasteiger partial charge is 0.379 e. The summed E-state index contributed by atoms with van der Waals surface area (Å²) in [6, 6.07) is -3.64. The minimum atomic E-state index is -3.52. The third-order valence-corrected chi connectivity index (χ3v) is 13.4. The molecule has 0 aromatic carbocycles. The molecule has 0 aromatic rings. The van der Waals surface area contributed by atoms with E-state index in [2.05, 4.69) is 27.8 Å². The molecule has 2 heterocycles. The Morgan fingerprint density at radius 3 is 2.33 bits per heavy atom. The summed E-state index contributed by atoms with van der Waals surface area (Å²) in [7, 11) is -3.52. The molecular weight excluding hydrogens is 650 g/mol. The van der Waals surface area contributed by atoms with Gasteiger partial charge in [0.2, 0.25) is 17.6 Å². The van der Waals surface area contributed by atoms with E-state index in [-0.39, 0.29) is 49.2 Å². The highest BCUT2D eigenvalue weighted by Crippen LogP contribution is 2.65. The molecule has 49 heavy (non-hydrogen) atoms. The van der Waals surface area contributed by atoms with E-state index in [1.807, 2.05) is 41.5 Å². The average Bonchev–Trinajstić information content (AvgIpc) is 3.33. The Morgan fingerprint density at radius 2 is 1.73 bits per heavy atom. The summed E-state index contributed by atoms with van der Waals surface area (Å²) in [5, 5.41) is 10.3. The molecule has 6 atom stereocenters. The van der Waals surface area contributed by atoms with Crippen LogP contribution >= 0.6 is 0 Å². The second-order valence-electron chi connectivity index (χ2n) is 16.0. The van der Waals surface area contributed by atoms with Crippen molar-refractivity contribution in [3.63, 3.8) is 0 Å². The highest BCUT2D eigenvalue weighted by atomic mass is 32.2. The molecule has 2 aliphatic heterocycles. The Labute approximate surface area is 291 Å². The van der Waals surface area contributed by atoms with E-state index in [1.54, 1.807) is 0 Å². The fourth-order valence-corrected chi connectivity index (χ4v) is 10.1. The number of rotatable bonds is 13. The number of hydrogen-bond donors (Lipinski definition) is 4. The number of urea groups is 1. The molecule has 13 nitrogen and oxygen atoms in total. The van der Waals surface area contributed by atoms with Gasteiger partial charge in [0.15, 0.2) is 9.84 Å². The van der Waals surface area contributed by atoms with Crippen molar-refractivity contribution in [1.82, 2.24) is 26.2 Å². The molecule has 2 saturated carbocycles. The quantitative estimate of drug-likeness (QED) is 0.166. The van der Waals surface area contributed by atoms with Crippen molar-refractivity contribution in [1.29, 1.82) is 0 Å². The van der Waals surface area contributed by atoms with Gasteiger partial charge in [-0.15, -0.1) is 6.58 Å². The number of likely N-dealkylation sites (tertiary alicyclic amines) is 1. The summed E-state index contributed by atoms with van der Waals surface area (Å²) in [4.78, 5) is 69.5. The summed E-state index contributed by atoms with van der Waals surface area (Å²) in [5.41, 5.74) is -2.01. The van der Waals surface area contributed by atoms with Gasteiger partial charge in [0.1, 0.15) is 17.3 Å². The Bertz CT molecular complexity index is 1400. The Hall–Kier alpha value is -3.00. The molecule has 0 bridgehead atoms. The normalized spacial score (nSPS) is 27.8. The van der Waals surface area contributed by atoms with Crippen LogP contribution in [0.15, 0.2) is 12.7 Å². The van der Waals surface area contributed by atoms with Gasteiger partial charge in [-0.05, 0) is 41.9 Å².